The van der Waals surface area contributed by atoms with Crippen LogP contribution in [0.4, 0.5) is 5.69 Å². The number of thioether (sulfide) groups is 1. The summed E-state index contributed by atoms with van der Waals surface area (Å²) in [4.78, 5) is 16.3. The number of carbonyl (C=O) groups is 1. The van der Waals surface area contributed by atoms with E-state index in [2.05, 4.69) is 0 Å². The van der Waals surface area contributed by atoms with Gasteiger partial charge in [-0.25, -0.2) is 0 Å². The molecule has 0 aromatic heterocycles. The van der Waals surface area contributed by atoms with E-state index in [1.54, 1.807) is 28.8 Å². The zero-order valence-electron chi connectivity index (χ0n) is 15.6. The van der Waals surface area contributed by atoms with Crippen LogP contribution < -0.4 is 4.90 Å². The number of para-hydroxylation sites is 1. The Morgan fingerprint density at radius 3 is 2.38 bits per heavy atom. The Labute approximate surface area is 184 Å². The van der Waals surface area contributed by atoms with Gasteiger partial charge in [0, 0.05) is 20.5 Å². The van der Waals surface area contributed by atoms with Crippen LogP contribution in [0.2, 0.25) is 10.0 Å². The highest BCUT2D eigenvalue weighted by Gasteiger charge is 2.31. The molecule has 0 bridgehead atoms. The van der Waals surface area contributed by atoms with Crippen molar-refractivity contribution in [1.29, 1.82) is 0 Å². The second-order valence-corrected chi connectivity index (χ2v) is 8.17. The molecule has 2 nitrogen and oxygen atoms in total. The predicted octanol–water partition coefficient (Wildman–Crippen LogP) is 7.19. The van der Waals surface area contributed by atoms with Gasteiger partial charge >= 0.3 is 0 Å². The van der Waals surface area contributed by atoms with E-state index < -0.39 is 0 Å². The van der Waals surface area contributed by atoms with Gasteiger partial charge in [-0.3, -0.25) is 9.69 Å². The lowest BCUT2D eigenvalue weighted by Gasteiger charge is -2.23. The van der Waals surface area contributed by atoms with E-state index in [-0.39, 0.29) is 5.91 Å². The second-order valence-electron chi connectivity index (χ2n) is 6.47. The molecule has 5 heteroatoms. The van der Waals surface area contributed by atoms with Gasteiger partial charge in [-0.2, -0.15) is 0 Å². The van der Waals surface area contributed by atoms with Gasteiger partial charge in [0.15, 0.2) is 0 Å². The Kier molecular flexibility index (Phi) is 5.81. The Bertz CT molecular complexity index is 1140. The highest BCUT2D eigenvalue weighted by molar-refractivity contribution is 7.98. The molecule has 0 saturated heterocycles. The lowest BCUT2D eigenvalue weighted by Crippen LogP contribution is -2.25. The molecule has 0 spiro atoms. The standard InChI is InChI=1S/C24H17Cl2NOS/c1-29-23-10-6-5-9-21(23)27-22(16-7-3-2-4-8-16)14-18(24(27)28)13-17-11-12-19(25)15-20(17)26/h2-15H,1H3/b18-13+. The molecule has 0 unspecified atom stereocenters. The largest absolute Gasteiger partial charge is 0.275 e. The van der Waals surface area contributed by atoms with Crippen molar-refractivity contribution in [1.82, 2.24) is 0 Å². The molecule has 4 rings (SSSR count). The van der Waals surface area contributed by atoms with Crippen LogP contribution in [-0.4, -0.2) is 12.2 Å². The van der Waals surface area contributed by atoms with Gasteiger partial charge in [-0.1, -0.05) is 71.7 Å². The van der Waals surface area contributed by atoms with Gasteiger partial charge < -0.3 is 0 Å². The molecular weight excluding hydrogens is 421 g/mol. The first kappa shape index (κ1) is 19.8. The molecule has 0 saturated carbocycles. The van der Waals surface area contributed by atoms with Crippen molar-refractivity contribution in [2.24, 2.45) is 0 Å². The van der Waals surface area contributed by atoms with Crippen LogP contribution in [0, 0.1) is 0 Å². The molecule has 1 aliphatic heterocycles. The van der Waals surface area contributed by atoms with Crippen molar-refractivity contribution in [2.45, 2.75) is 4.90 Å². The predicted molar refractivity (Wildman–Crippen MR) is 125 cm³/mol. The third-order valence-electron chi connectivity index (χ3n) is 4.65. The molecule has 1 aliphatic rings. The van der Waals surface area contributed by atoms with Gasteiger partial charge in [0.1, 0.15) is 0 Å². The lowest BCUT2D eigenvalue weighted by molar-refractivity contribution is -0.113. The van der Waals surface area contributed by atoms with Gasteiger partial charge in [0.2, 0.25) is 0 Å². The normalized spacial score (nSPS) is 15.1. The molecule has 29 heavy (non-hydrogen) atoms. The third-order valence-corrected chi connectivity index (χ3v) is 6.00. The highest BCUT2D eigenvalue weighted by Crippen LogP contribution is 2.39. The van der Waals surface area contributed by atoms with E-state index in [0.29, 0.717) is 15.6 Å². The van der Waals surface area contributed by atoms with Crippen molar-refractivity contribution in [3.63, 3.8) is 0 Å². The molecule has 3 aromatic rings. The topological polar surface area (TPSA) is 20.3 Å². The number of hydrogen-bond donors (Lipinski definition) is 0. The van der Waals surface area contributed by atoms with Gasteiger partial charge in [0.05, 0.1) is 11.4 Å². The maximum absolute atomic E-state index is 13.5. The van der Waals surface area contributed by atoms with Gasteiger partial charge in [-0.05, 0) is 53.8 Å². The average Bonchev–Trinajstić information content (AvgIpc) is 3.06. The summed E-state index contributed by atoms with van der Waals surface area (Å²) in [6, 6.07) is 23.1. The Hall–Kier alpha value is -2.46. The quantitative estimate of drug-likeness (QED) is 0.318. The van der Waals surface area contributed by atoms with Crippen LogP contribution in [0.5, 0.6) is 0 Å². The monoisotopic (exact) mass is 437 g/mol. The summed E-state index contributed by atoms with van der Waals surface area (Å²) >= 11 is 14.0. The number of benzene rings is 3. The third kappa shape index (κ3) is 3.99. The lowest BCUT2D eigenvalue weighted by atomic mass is 10.1. The number of nitrogens with zero attached hydrogens (tertiary/aromatic N) is 1. The molecular formula is C24H17Cl2NOS. The summed E-state index contributed by atoms with van der Waals surface area (Å²) in [7, 11) is 0. The molecule has 0 N–H and O–H groups in total. The number of amides is 1. The molecule has 0 aliphatic carbocycles. The van der Waals surface area contributed by atoms with E-state index in [4.69, 9.17) is 23.2 Å². The van der Waals surface area contributed by atoms with Crippen molar-refractivity contribution in [2.75, 3.05) is 11.2 Å². The summed E-state index contributed by atoms with van der Waals surface area (Å²) in [5, 5.41) is 1.07. The van der Waals surface area contributed by atoms with E-state index in [1.165, 1.54) is 0 Å². The summed E-state index contributed by atoms with van der Waals surface area (Å²) in [5.41, 5.74) is 4.01. The van der Waals surface area contributed by atoms with Crippen molar-refractivity contribution in [3.05, 3.63) is 106 Å². The molecule has 0 radical (unpaired) electrons. The molecule has 0 fully saturated rings. The number of anilines is 1. The van der Waals surface area contributed by atoms with E-state index in [0.717, 1.165) is 27.4 Å². The Morgan fingerprint density at radius 1 is 0.931 bits per heavy atom. The fourth-order valence-electron chi connectivity index (χ4n) is 3.28. The average molecular weight is 438 g/mol. The van der Waals surface area contributed by atoms with Crippen LogP contribution >= 0.6 is 35.0 Å². The molecule has 144 valence electrons. The minimum Gasteiger partial charge on any atom is -0.275 e. The minimum absolute atomic E-state index is 0.0867. The number of rotatable bonds is 4. The number of hydrogen-bond acceptors (Lipinski definition) is 2. The van der Waals surface area contributed by atoms with Crippen LogP contribution in [-0.2, 0) is 4.79 Å². The van der Waals surface area contributed by atoms with E-state index >= 15 is 0 Å². The fraction of sp³-hybridized carbons (Fsp3) is 0.0417. The number of carbonyl (C=O) groups excluding carboxylic acids is 1. The molecule has 3 aromatic carbocycles. The maximum Gasteiger partial charge on any atom is 0.262 e. The Balaban J connectivity index is 1.86. The van der Waals surface area contributed by atoms with E-state index in [9.17, 15) is 4.79 Å². The first-order chi connectivity index (χ1) is 14.1. The number of halogens is 2. The van der Waals surface area contributed by atoms with Crippen molar-refractivity contribution >= 4 is 58.3 Å². The fourth-order valence-corrected chi connectivity index (χ4v) is 4.32. The van der Waals surface area contributed by atoms with Gasteiger partial charge in [0.25, 0.3) is 5.91 Å². The van der Waals surface area contributed by atoms with Crippen molar-refractivity contribution < 1.29 is 4.79 Å². The van der Waals surface area contributed by atoms with E-state index in [1.807, 2.05) is 79.1 Å². The second kappa shape index (κ2) is 8.50. The van der Waals surface area contributed by atoms with Crippen LogP contribution in [0.3, 0.4) is 0 Å². The Morgan fingerprint density at radius 2 is 1.66 bits per heavy atom. The van der Waals surface area contributed by atoms with Crippen molar-refractivity contribution in [3.8, 4) is 0 Å². The van der Waals surface area contributed by atoms with Crippen LogP contribution in [0.15, 0.2) is 89.3 Å². The summed E-state index contributed by atoms with van der Waals surface area (Å²) in [6.07, 6.45) is 5.74. The van der Waals surface area contributed by atoms with Crippen LogP contribution in [0.1, 0.15) is 11.1 Å². The molecule has 1 heterocycles. The zero-order chi connectivity index (χ0) is 20.4. The summed E-state index contributed by atoms with van der Waals surface area (Å²) < 4.78 is 0. The first-order valence-electron chi connectivity index (χ1n) is 9.00. The van der Waals surface area contributed by atoms with Crippen LogP contribution in [0.25, 0.3) is 11.8 Å². The zero-order valence-corrected chi connectivity index (χ0v) is 17.9. The maximum atomic E-state index is 13.5. The highest BCUT2D eigenvalue weighted by atomic mass is 35.5. The summed E-state index contributed by atoms with van der Waals surface area (Å²) in [6.45, 7) is 0. The SMILES string of the molecule is CSc1ccccc1N1C(=O)/C(=C/c2ccc(Cl)cc2Cl)C=C1c1ccccc1. The summed E-state index contributed by atoms with van der Waals surface area (Å²) in [5.74, 6) is -0.0867. The smallest absolute Gasteiger partial charge is 0.262 e. The minimum atomic E-state index is -0.0867. The van der Waals surface area contributed by atoms with Gasteiger partial charge in [-0.15, -0.1) is 11.8 Å². The molecule has 0 atom stereocenters. The first-order valence-corrected chi connectivity index (χ1v) is 11.0. The molecule has 1 amide bonds.